The molecule has 4 bridgehead atoms. The van der Waals surface area contributed by atoms with Gasteiger partial charge in [0, 0.05) is 27.5 Å². The van der Waals surface area contributed by atoms with Crippen molar-refractivity contribution in [1.82, 2.24) is 15.0 Å². The lowest BCUT2D eigenvalue weighted by Gasteiger charge is -2.57. The van der Waals surface area contributed by atoms with Gasteiger partial charge in [-0.3, -0.25) is 0 Å². The van der Waals surface area contributed by atoms with Crippen molar-refractivity contribution in [2.45, 2.75) is 43.9 Å². The standard InChI is InChI=1S/C40H32N4/c41-24-36-32-10-5-4-9-30(32)20-35-33(36)11-6-12-34(35)39-43-37(28-7-2-1-3-8-28)42-38(44-39)29-13-15-31(16-14-29)40-21-25-17-26(22-40)19-27(18-25)23-40/h1-16,20,25-27H,17-19,21-23H2. The first-order valence-corrected chi connectivity index (χ1v) is 15.9. The van der Waals surface area contributed by atoms with Gasteiger partial charge in [-0.05, 0) is 84.1 Å². The van der Waals surface area contributed by atoms with Crippen LogP contribution in [0.15, 0.2) is 103 Å². The Balaban J connectivity index is 1.19. The molecule has 4 fully saturated rings. The molecule has 5 aromatic carbocycles. The first-order valence-electron chi connectivity index (χ1n) is 15.9. The van der Waals surface area contributed by atoms with Gasteiger partial charge in [-0.1, -0.05) is 97.1 Å². The van der Waals surface area contributed by atoms with Crippen LogP contribution >= 0.6 is 0 Å². The lowest BCUT2D eigenvalue weighted by Crippen LogP contribution is -2.48. The highest BCUT2D eigenvalue weighted by molar-refractivity contribution is 6.09. The molecule has 0 aliphatic heterocycles. The predicted molar refractivity (Wildman–Crippen MR) is 176 cm³/mol. The molecule has 44 heavy (non-hydrogen) atoms. The Morgan fingerprint density at radius 2 is 1.16 bits per heavy atom. The SMILES string of the molecule is N#Cc1c2ccccc2cc2c(-c3nc(-c4ccccc4)nc(-c4ccc(C56CC7CC(CC(C7)C5)C6)cc4)n3)cccc12. The maximum atomic E-state index is 10.2. The summed E-state index contributed by atoms with van der Waals surface area (Å²) in [6, 6.07) is 38.1. The van der Waals surface area contributed by atoms with Gasteiger partial charge in [-0.2, -0.15) is 5.26 Å². The molecule has 0 saturated heterocycles. The summed E-state index contributed by atoms with van der Waals surface area (Å²) in [6.45, 7) is 0. The predicted octanol–water partition coefficient (Wildman–Crippen LogP) is 9.52. The molecule has 6 aromatic rings. The number of benzene rings is 5. The summed E-state index contributed by atoms with van der Waals surface area (Å²) in [4.78, 5) is 15.1. The van der Waals surface area contributed by atoms with Gasteiger partial charge in [-0.25, -0.2) is 15.0 Å². The van der Waals surface area contributed by atoms with E-state index in [4.69, 9.17) is 15.0 Å². The van der Waals surface area contributed by atoms with E-state index in [1.807, 2.05) is 60.7 Å². The fraction of sp³-hybridized carbons (Fsp3) is 0.250. The molecule has 4 nitrogen and oxygen atoms in total. The molecule has 0 N–H and O–H groups in total. The first kappa shape index (κ1) is 25.6. The molecule has 4 heteroatoms. The van der Waals surface area contributed by atoms with Crippen LogP contribution in [0.3, 0.4) is 0 Å². The molecule has 4 saturated carbocycles. The second-order valence-corrected chi connectivity index (χ2v) is 13.4. The zero-order chi connectivity index (χ0) is 29.3. The molecular formula is C40H32N4. The van der Waals surface area contributed by atoms with Gasteiger partial charge in [0.1, 0.15) is 6.07 Å². The van der Waals surface area contributed by atoms with Gasteiger partial charge >= 0.3 is 0 Å². The number of hydrogen-bond acceptors (Lipinski definition) is 4. The highest BCUT2D eigenvalue weighted by Gasteiger charge is 2.51. The monoisotopic (exact) mass is 568 g/mol. The normalized spacial score (nSPS) is 23.7. The third kappa shape index (κ3) is 4.07. The second kappa shape index (κ2) is 9.82. The van der Waals surface area contributed by atoms with Crippen LogP contribution in [0.1, 0.15) is 49.7 Å². The van der Waals surface area contributed by atoms with Crippen LogP contribution in [0.4, 0.5) is 0 Å². The summed E-state index contributed by atoms with van der Waals surface area (Å²) in [7, 11) is 0. The summed E-state index contributed by atoms with van der Waals surface area (Å²) in [5.41, 5.74) is 5.39. The van der Waals surface area contributed by atoms with Gasteiger partial charge in [0.25, 0.3) is 0 Å². The van der Waals surface area contributed by atoms with E-state index >= 15 is 0 Å². The lowest BCUT2D eigenvalue weighted by atomic mass is 9.48. The van der Waals surface area contributed by atoms with Gasteiger partial charge in [-0.15, -0.1) is 0 Å². The number of hydrogen-bond donors (Lipinski definition) is 0. The number of aromatic nitrogens is 3. The molecule has 10 rings (SSSR count). The second-order valence-electron chi connectivity index (χ2n) is 13.4. The summed E-state index contributed by atoms with van der Waals surface area (Å²) in [5, 5.41) is 14.0. The minimum atomic E-state index is 0.358. The minimum absolute atomic E-state index is 0.358. The number of fused-ring (bicyclic) bond motifs is 2. The third-order valence-electron chi connectivity index (χ3n) is 10.7. The average Bonchev–Trinajstić information content (AvgIpc) is 3.06. The van der Waals surface area contributed by atoms with Crippen LogP contribution in [-0.4, -0.2) is 15.0 Å². The smallest absolute Gasteiger partial charge is 0.164 e. The molecule has 0 unspecified atom stereocenters. The quantitative estimate of drug-likeness (QED) is 0.199. The molecule has 212 valence electrons. The van der Waals surface area contributed by atoms with Crippen molar-refractivity contribution in [2.24, 2.45) is 17.8 Å². The lowest BCUT2D eigenvalue weighted by molar-refractivity contribution is -0.00518. The third-order valence-corrected chi connectivity index (χ3v) is 10.7. The Bertz CT molecular complexity index is 2070. The molecule has 4 aliphatic rings. The van der Waals surface area contributed by atoms with E-state index in [0.717, 1.165) is 56.0 Å². The highest BCUT2D eigenvalue weighted by atomic mass is 15.0. The van der Waals surface area contributed by atoms with E-state index in [1.165, 1.54) is 44.1 Å². The maximum Gasteiger partial charge on any atom is 0.164 e. The van der Waals surface area contributed by atoms with Crippen molar-refractivity contribution >= 4 is 21.5 Å². The van der Waals surface area contributed by atoms with Crippen LogP contribution in [0, 0.1) is 29.1 Å². The van der Waals surface area contributed by atoms with Gasteiger partial charge in [0.2, 0.25) is 0 Å². The average molecular weight is 569 g/mol. The van der Waals surface area contributed by atoms with Crippen LogP contribution in [0.2, 0.25) is 0 Å². The summed E-state index contributed by atoms with van der Waals surface area (Å²) >= 11 is 0. The Morgan fingerprint density at radius 1 is 0.568 bits per heavy atom. The summed E-state index contributed by atoms with van der Waals surface area (Å²) < 4.78 is 0. The summed E-state index contributed by atoms with van der Waals surface area (Å²) in [5.74, 6) is 4.68. The van der Waals surface area contributed by atoms with E-state index in [2.05, 4.69) is 48.5 Å². The topological polar surface area (TPSA) is 62.5 Å². The summed E-state index contributed by atoms with van der Waals surface area (Å²) in [6.07, 6.45) is 8.42. The number of rotatable bonds is 4. The van der Waals surface area contributed by atoms with Crippen molar-refractivity contribution in [1.29, 1.82) is 5.26 Å². The van der Waals surface area contributed by atoms with E-state index in [1.54, 1.807) is 0 Å². The van der Waals surface area contributed by atoms with Crippen molar-refractivity contribution in [3.63, 3.8) is 0 Å². The van der Waals surface area contributed by atoms with Crippen molar-refractivity contribution < 1.29 is 0 Å². The maximum absolute atomic E-state index is 10.2. The number of nitrogens with zero attached hydrogens (tertiary/aromatic N) is 4. The van der Waals surface area contributed by atoms with E-state index in [-0.39, 0.29) is 0 Å². The molecule has 0 amide bonds. The molecule has 4 aliphatic carbocycles. The van der Waals surface area contributed by atoms with Crippen LogP contribution in [-0.2, 0) is 5.41 Å². The van der Waals surface area contributed by atoms with E-state index < -0.39 is 0 Å². The van der Waals surface area contributed by atoms with Gasteiger partial charge in [0.05, 0.1) is 5.56 Å². The molecule has 0 spiro atoms. The zero-order valence-electron chi connectivity index (χ0n) is 24.6. The van der Waals surface area contributed by atoms with E-state index in [0.29, 0.717) is 28.5 Å². The Hall–Kier alpha value is -4.88. The van der Waals surface area contributed by atoms with Crippen LogP contribution in [0.25, 0.3) is 55.7 Å². The van der Waals surface area contributed by atoms with Gasteiger partial charge in [0.15, 0.2) is 17.5 Å². The fourth-order valence-corrected chi connectivity index (χ4v) is 9.18. The van der Waals surface area contributed by atoms with Gasteiger partial charge < -0.3 is 0 Å². The zero-order valence-corrected chi connectivity index (χ0v) is 24.6. The van der Waals surface area contributed by atoms with Crippen LogP contribution < -0.4 is 0 Å². The van der Waals surface area contributed by atoms with Crippen molar-refractivity contribution in [2.75, 3.05) is 0 Å². The fourth-order valence-electron chi connectivity index (χ4n) is 9.18. The molecular weight excluding hydrogens is 536 g/mol. The first-order chi connectivity index (χ1) is 21.7. The molecule has 0 radical (unpaired) electrons. The molecule has 1 aromatic heterocycles. The molecule has 0 atom stereocenters. The highest BCUT2D eigenvalue weighted by Crippen LogP contribution is 2.60. The Kier molecular flexibility index (Phi) is 5.72. The number of nitriles is 1. The van der Waals surface area contributed by atoms with E-state index in [9.17, 15) is 5.26 Å². The Labute approximate surface area is 257 Å². The van der Waals surface area contributed by atoms with Crippen molar-refractivity contribution in [3.8, 4) is 40.2 Å². The minimum Gasteiger partial charge on any atom is -0.208 e. The Morgan fingerprint density at radius 3 is 1.84 bits per heavy atom. The van der Waals surface area contributed by atoms with Crippen LogP contribution in [0.5, 0.6) is 0 Å². The largest absolute Gasteiger partial charge is 0.208 e. The van der Waals surface area contributed by atoms with Crippen molar-refractivity contribution in [3.05, 3.63) is 114 Å². The molecule has 1 heterocycles.